The van der Waals surface area contributed by atoms with Gasteiger partial charge in [0.2, 0.25) is 0 Å². The van der Waals surface area contributed by atoms with E-state index in [1.165, 1.54) is 0 Å². The van der Waals surface area contributed by atoms with Crippen LogP contribution in [0, 0.1) is 0 Å². The number of hydrogen-bond donors (Lipinski definition) is 3. The molecule has 58 valence electrons. The van der Waals surface area contributed by atoms with Crippen LogP contribution in [0.2, 0.25) is 0 Å². The Morgan fingerprint density at radius 1 is 1.70 bits per heavy atom. The summed E-state index contributed by atoms with van der Waals surface area (Å²) in [6.45, 7) is 5.36. The minimum atomic E-state index is -0.332. The maximum Gasteiger partial charge on any atom is 0.319 e. The van der Waals surface area contributed by atoms with E-state index in [4.69, 9.17) is 5.11 Å². The summed E-state index contributed by atoms with van der Waals surface area (Å²) in [4.78, 5) is 10.6. The van der Waals surface area contributed by atoms with Gasteiger partial charge >= 0.3 is 6.03 Å². The fraction of sp³-hybridized carbons (Fsp3) is 0.500. The lowest BCUT2D eigenvalue weighted by Crippen LogP contribution is -2.35. The van der Waals surface area contributed by atoms with E-state index in [9.17, 15) is 4.79 Å². The van der Waals surface area contributed by atoms with Gasteiger partial charge in [-0.15, -0.1) is 0 Å². The molecule has 0 saturated carbocycles. The van der Waals surface area contributed by atoms with Gasteiger partial charge in [-0.2, -0.15) is 0 Å². The molecule has 10 heavy (non-hydrogen) atoms. The molecule has 0 heterocycles. The van der Waals surface area contributed by atoms with Gasteiger partial charge in [-0.25, -0.2) is 4.79 Å². The first-order chi connectivity index (χ1) is 4.66. The van der Waals surface area contributed by atoms with Crippen LogP contribution in [0.25, 0.3) is 0 Å². The van der Waals surface area contributed by atoms with Gasteiger partial charge in [-0.05, 0) is 6.92 Å². The van der Waals surface area contributed by atoms with E-state index in [2.05, 4.69) is 17.2 Å². The Labute approximate surface area is 59.9 Å². The standard InChI is InChI=1S/C6H12N2O2/c1-5(2)8-6(10)7-3-4-9/h9H,1,3-4H2,2H3,(H2,7,8,10). The smallest absolute Gasteiger partial charge is 0.319 e. The zero-order valence-electron chi connectivity index (χ0n) is 5.98. The van der Waals surface area contributed by atoms with Gasteiger partial charge in [0, 0.05) is 12.2 Å². The minimum absolute atomic E-state index is 0.0520. The van der Waals surface area contributed by atoms with E-state index in [-0.39, 0.29) is 19.2 Å². The summed E-state index contributed by atoms with van der Waals surface area (Å²) >= 11 is 0. The number of rotatable bonds is 3. The predicted octanol–water partition coefficient (Wildman–Crippen LogP) is -0.189. The van der Waals surface area contributed by atoms with Gasteiger partial charge in [0.05, 0.1) is 6.61 Å². The van der Waals surface area contributed by atoms with Crippen LogP contribution in [0.5, 0.6) is 0 Å². The van der Waals surface area contributed by atoms with Crippen molar-refractivity contribution in [1.29, 1.82) is 0 Å². The lowest BCUT2D eigenvalue weighted by molar-refractivity contribution is 0.236. The molecule has 0 aromatic heterocycles. The van der Waals surface area contributed by atoms with Crippen LogP contribution in [0.1, 0.15) is 6.92 Å². The van der Waals surface area contributed by atoms with Crippen LogP contribution in [0.3, 0.4) is 0 Å². The van der Waals surface area contributed by atoms with Crippen LogP contribution in [0.15, 0.2) is 12.3 Å². The van der Waals surface area contributed by atoms with Gasteiger partial charge in [-0.1, -0.05) is 6.58 Å². The normalized spacial score (nSPS) is 8.60. The Bertz CT molecular complexity index is 134. The van der Waals surface area contributed by atoms with E-state index < -0.39 is 0 Å². The number of amides is 2. The van der Waals surface area contributed by atoms with Crippen molar-refractivity contribution in [2.75, 3.05) is 13.2 Å². The van der Waals surface area contributed by atoms with Gasteiger partial charge in [-0.3, -0.25) is 0 Å². The lowest BCUT2D eigenvalue weighted by atomic mass is 10.6. The van der Waals surface area contributed by atoms with Crippen molar-refractivity contribution >= 4 is 6.03 Å². The number of carbonyl (C=O) groups excluding carboxylic acids is 1. The van der Waals surface area contributed by atoms with Crippen LogP contribution in [-0.2, 0) is 0 Å². The molecule has 0 aliphatic carbocycles. The number of carbonyl (C=O) groups is 1. The third-order valence-corrected chi connectivity index (χ3v) is 0.724. The summed E-state index contributed by atoms with van der Waals surface area (Å²) in [5.74, 6) is 0. The van der Waals surface area contributed by atoms with Gasteiger partial charge < -0.3 is 15.7 Å². The first-order valence-electron chi connectivity index (χ1n) is 2.98. The first-order valence-corrected chi connectivity index (χ1v) is 2.98. The topological polar surface area (TPSA) is 61.4 Å². The second-order valence-electron chi connectivity index (χ2n) is 1.88. The second kappa shape index (κ2) is 4.81. The highest BCUT2D eigenvalue weighted by Gasteiger charge is 1.95. The molecule has 0 aliphatic heterocycles. The Kier molecular flexibility index (Phi) is 4.32. The monoisotopic (exact) mass is 144 g/mol. The second-order valence-corrected chi connectivity index (χ2v) is 1.88. The third kappa shape index (κ3) is 5.11. The predicted molar refractivity (Wildman–Crippen MR) is 38.4 cm³/mol. The van der Waals surface area contributed by atoms with E-state index >= 15 is 0 Å². The number of allylic oxidation sites excluding steroid dienone is 1. The van der Waals surface area contributed by atoms with E-state index in [1.807, 2.05) is 0 Å². The molecule has 0 saturated heterocycles. The van der Waals surface area contributed by atoms with Crippen molar-refractivity contribution < 1.29 is 9.90 Å². The summed E-state index contributed by atoms with van der Waals surface area (Å²) < 4.78 is 0. The molecule has 0 fully saturated rings. The number of aliphatic hydroxyl groups is 1. The van der Waals surface area contributed by atoms with Crippen LogP contribution >= 0.6 is 0 Å². The molecule has 0 atom stereocenters. The molecule has 4 heteroatoms. The van der Waals surface area contributed by atoms with Crippen LogP contribution in [-0.4, -0.2) is 24.3 Å². The number of urea groups is 1. The molecule has 0 aromatic carbocycles. The molecule has 0 aliphatic rings. The van der Waals surface area contributed by atoms with Gasteiger partial charge in [0.15, 0.2) is 0 Å². The summed E-state index contributed by atoms with van der Waals surface area (Å²) in [6.07, 6.45) is 0. The van der Waals surface area contributed by atoms with Crippen LogP contribution in [0.4, 0.5) is 4.79 Å². The van der Waals surface area contributed by atoms with Gasteiger partial charge in [0.1, 0.15) is 0 Å². The highest BCUT2D eigenvalue weighted by molar-refractivity contribution is 5.75. The fourth-order valence-electron chi connectivity index (χ4n) is 0.407. The third-order valence-electron chi connectivity index (χ3n) is 0.724. The Balaban J connectivity index is 3.35. The van der Waals surface area contributed by atoms with Crippen molar-refractivity contribution in [3.05, 3.63) is 12.3 Å². The Hall–Kier alpha value is -1.03. The fourth-order valence-corrected chi connectivity index (χ4v) is 0.407. The SMILES string of the molecule is C=C(C)NC(=O)NCCO. The van der Waals surface area contributed by atoms with Crippen molar-refractivity contribution in [2.45, 2.75) is 6.92 Å². The highest BCUT2D eigenvalue weighted by Crippen LogP contribution is 1.76. The minimum Gasteiger partial charge on any atom is -0.395 e. The summed E-state index contributed by atoms with van der Waals surface area (Å²) in [6, 6.07) is -0.332. The van der Waals surface area contributed by atoms with Crippen molar-refractivity contribution in [3.63, 3.8) is 0 Å². The first kappa shape index (κ1) is 8.97. The Morgan fingerprint density at radius 3 is 2.70 bits per heavy atom. The summed E-state index contributed by atoms with van der Waals surface area (Å²) in [5.41, 5.74) is 0.579. The molecule has 2 amide bonds. The number of hydrogen-bond acceptors (Lipinski definition) is 2. The molecular formula is C6H12N2O2. The van der Waals surface area contributed by atoms with E-state index in [0.29, 0.717) is 5.70 Å². The molecule has 0 radical (unpaired) electrons. The quantitative estimate of drug-likeness (QED) is 0.514. The van der Waals surface area contributed by atoms with E-state index in [0.717, 1.165) is 0 Å². The van der Waals surface area contributed by atoms with E-state index in [1.54, 1.807) is 6.92 Å². The molecule has 3 N–H and O–H groups in total. The number of aliphatic hydroxyl groups excluding tert-OH is 1. The van der Waals surface area contributed by atoms with Crippen molar-refractivity contribution in [1.82, 2.24) is 10.6 Å². The molecule has 0 bridgehead atoms. The zero-order chi connectivity index (χ0) is 7.98. The highest BCUT2D eigenvalue weighted by atomic mass is 16.3. The largest absolute Gasteiger partial charge is 0.395 e. The van der Waals surface area contributed by atoms with Gasteiger partial charge in [0.25, 0.3) is 0 Å². The maximum atomic E-state index is 10.6. The van der Waals surface area contributed by atoms with Crippen LogP contribution < -0.4 is 10.6 Å². The zero-order valence-corrected chi connectivity index (χ0v) is 5.98. The van der Waals surface area contributed by atoms with Crippen molar-refractivity contribution in [2.24, 2.45) is 0 Å². The molecule has 0 aromatic rings. The summed E-state index contributed by atoms with van der Waals surface area (Å²) in [5, 5.41) is 13.1. The molecule has 0 unspecified atom stereocenters. The Morgan fingerprint density at radius 2 is 2.30 bits per heavy atom. The lowest BCUT2D eigenvalue weighted by Gasteiger charge is -2.03. The maximum absolute atomic E-state index is 10.6. The molecular weight excluding hydrogens is 132 g/mol. The average Bonchev–Trinajstić information content (AvgIpc) is 1.82. The molecule has 0 spiro atoms. The van der Waals surface area contributed by atoms with Crippen molar-refractivity contribution in [3.8, 4) is 0 Å². The average molecular weight is 144 g/mol. The number of nitrogens with one attached hydrogen (secondary N) is 2. The molecule has 4 nitrogen and oxygen atoms in total. The molecule has 0 rings (SSSR count). The summed E-state index contributed by atoms with van der Waals surface area (Å²) in [7, 11) is 0.